The molecule has 0 unspecified atom stereocenters. The van der Waals surface area contributed by atoms with Crippen molar-refractivity contribution in [1.82, 2.24) is 9.13 Å². The normalized spacial score (nSPS) is 12.5. The number of nitrogens with zero attached hydrogens (tertiary/aromatic N) is 2. The Labute approximate surface area is 303 Å². The van der Waals surface area contributed by atoms with Gasteiger partial charge in [-0.05, 0) is 92.3 Å². The molecule has 13 rings (SSSR count). The van der Waals surface area contributed by atoms with E-state index in [-0.39, 0.29) is 0 Å². The molecule has 0 radical (unpaired) electrons. The Morgan fingerprint density at radius 3 is 1.92 bits per heavy atom. The summed E-state index contributed by atoms with van der Waals surface area (Å²) in [6.45, 7) is 0. The minimum absolute atomic E-state index is 0.908. The van der Waals surface area contributed by atoms with Gasteiger partial charge in [-0.15, -0.1) is 0 Å². The van der Waals surface area contributed by atoms with Crippen molar-refractivity contribution < 1.29 is 4.42 Å². The van der Waals surface area contributed by atoms with Crippen molar-refractivity contribution in [3.8, 4) is 33.6 Å². The second kappa shape index (κ2) is 9.81. The Kier molecular flexibility index (Phi) is 5.11. The van der Waals surface area contributed by atoms with Gasteiger partial charge in [0.25, 0.3) is 0 Å². The number of hydrogen-bond acceptors (Lipinski definition) is 1. The van der Waals surface area contributed by atoms with Crippen molar-refractivity contribution in [2.45, 2.75) is 0 Å². The first-order valence-electron chi connectivity index (χ1n) is 18.3. The molecule has 1 aliphatic carbocycles. The highest BCUT2D eigenvalue weighted by atomic mass is 16.3. The molecule has 12 aromatic rings. The molecule has 0 saturated carbocycles. The number of furan rings is 1. The van der Waals surface area contributed by atoms with Gasteiger partial charge in [0.2, 0.25) is 0 Å². The van der Waals surface area contributed by atoms with Crippen molar-refractivity contribution >= 4 is 87.1 Å². The first-order valence-corrected chi connectivity index (χ1v) is 18.3. The Bertz CT molecular complexity index is 3570. The summed E-state index contributed by atoms with van der Waals surface area (Å²) >= 11 is 0. The van der Waals surface area contributed by atoms with Gasteiger partial charge in [0, 0.05) is 38.3 Å². The van der Waals surface area contributed by atoms with Gasteiger partial charge in [-0.1, -0.05) is 121 Å². The third-order valence-electron chi connectivity index (χ3n) is 11.8. The summed E-state index contributed by atoms with van der Waals surface area (Å²) in [6.07, 6.45) is 0. The zero-order chi connectivity index (χ0) is 34.4. The molecule has 0 amide bonds. The van der Waals surface area contributed by atoms with Crippen molar-refractivity contribution in [3.63, 3.8) is 0 Å². The molecule has 3 aromatic heterocycles. The topological polar surface area (TPSA) is 23.0 Å². The molecule has 53 heavy (non-hydrogen) atoms. The molecule has 0 spiro atoms. The van der Waals surface area contributed by atoms with E-state index in [1.54, 1.807) is 0 Å². The standard InChI is InChI=1S/C50H28N2O/c1-2-11-30-26-32(21-20-29(30)10-1)51-44-25-24-40-37-16-6-8-19-45(37)53-50(40)47(44)41-23-22-39-36-15-5-7-18-43(36)52(48(39)49(41)51)33-27-31-12-9-17-38-34-13-3-4-14-35(34)42(28-33)46(31)38/h1-28H. The second-order valence-corrected chi connectivity index (χ2v) is 14.5. The maximum atomic E-state index is 6.78. The van der Waals surface area contributed by atoms with E-state index >= 15 is 0 Å². The van der Waals surface area contributed by atoms with E-state index in [1.165, 1.54) is 76.5 Å². The molecule has 1 aliphatic rings. The van der Waals surface area contributed by atoms with Crippen LogP contribution < -0.4 is 0 Å². The van der Waals surface area contributed by atoms with Crippen LogP contribution in [-0.4, -0.2) is 9.13 Å². The molecule has 0 bridgehead atoms. The van der Waals surface area contributed by atoms with Crippen LogP contribution in [0, 0.1) is 0 Å². The van der Waals surface area contributed by atoms with Gasteiger partial charge in [-0.3, -0.25) is 0 Å². The van der Waals surface area contributed by atoms with Crippen LogP contribution in [0.1, 0.15) is 0 Å². The van der Waals surface area contributed by atoms with Gasteiger partial charge in [0.05, 0.1) is 27.5 Å². The lowest BCUT2D eigenvalue weighted by atomic mass is 10.0. The Morgan fingerprint density at radius 1 is 0.340 bits per heavy atom. The molecule has 0 N–H and O–H groups in total. The summed E-state index contributed by atoms with van der Waals surface area (Å²) in [6, 6.07) is 62.3. The molecule has 3 nitrogen and oxygen atoms in total. The molecular formula is C50H28N2O. The van der Waals surface area contributed by atoms with Gasteiger partial charge in [0.1, 0.15) is 11.2 Å². The molecule has 0 atom stereocenters. The van der Waals surface area contributed by atoms with Crippen LogP contribution in [0.3, 0.4) is 0 Å². The van der Waals surface area contributed by atoms with Crippen LogP contribution in [-0.2, 0) is 0 Å². The van der Waals surface area contributed by atoms with Crippen LogP contribution in [0.5, 0.6) is 0 Å². The average Bonchev–Trinajstić information content (AvgIpc) is 3.95. The smallest absolute Gasteiger partial charge is 0.145 e. The highest BCUT2D eigenvalue weighted by Crippen LogP contribution is 2.50. The summed E-state index contributed by atoms with van der Waals surface area (Å²) in [5, 5.41) is 12.1. The zero-order valence-corrected chi connectivity index (χ0v) is 28.5. The average molecular weight is 673 g/mol. The summed E-state index contributed by atoms with van der Waals surface area (Å²) in [7, 11) is 0. The van der Waals surface area contributed by atoms with Crippen LogP contribution in [0.2, 0.25) is 0 Å². The number of rotatable bonds is 2. The molecule has 0 fully saturated rings. The zero-order valence-electron chi connectivity index (χ0n) is 28.5. The lowest BCUT2D eigenvalue weighted by molar-refractivity contribution is 0.673. The fourth-order valence-electron chi connectivity index (χ4n) is 9.60. The number of para-hydroxylation sites is 2. The Balaban J connectivity index is 1.25. The molecule has 9 aromatic carbocycles. The van der Waals surface area contributed by atoms with Crippen molar-refractivity contribution in [2.75, 3.05) is 0 Å². The Morgan fingerprint density at radius 2 is 1.00 bits per heavy atom. The van der Waals surface area contributed by atoms with Crippen molar-refractivity contribution in [3.05, 3.63) is 170 Å². The highest BCUT2D eigenvalue weighted by molar-refractivity contribution is 6.29. The van der Waals surface area contributed by atoms with Crippen LogP contribution >= 0.6 is 0 Å². The minimum Gasteiger partial charge on any atom is -0.455 e. The monoisotopic (exact) mass is 672 g/mol. The van der Waals surface area contributed by atoms with E-state index < -0.39 is 0 Å². The number of fused-ring (bicyclic) bond motifs is 15. The van der Waals surface area contributed by atoms with E-state index in [0.717, 1.165) is 44.2 Å². The third-order valence-corrected chi connectivity index (χ3v) is 11.8. The van der Waals surface area contributed by atoms with E-state index in [1.807, 2.05) is 0 Å². The molecule has 3 heterocycles. The molecule has 244 valence electrons. The predicted molar refractivity (Wildman–Crippen MR) is 222 cm³/mol. The third kappa shape index (κ3) is 3.49. The van der Waals surface area contributed by atoms with Crippen LogP contribution in [0.4, 0.5) is 0 Å². The van der Waals surface area contributed by atoms with Gasteiger partial charge < -0.3 is 13.6 Å². The van der Waals surface area contributed by atoms with Gasteiger partial charge in [-0.2, -0.15) is 0 Å². The molecule has 0 saturated heterocycles. The van der Waals surface area contributed by atoms with Gasteiger partial charge in [0.15, 0.2) is 0 Å². The summed E-state index contributed by atoms with van der Waals surface area (Å²) in [5.41, 5.74) is 14.0. The fourth-order valence-corrected chi connectivity index (χ4v) is 9.60. The van der Waals surface area contributed by atoms with E-state index in [9.17, 15) is 0 Å². The van der Waals surface area contributed by atoms with Gasteiger partial charge in [-0.25, -0.2) is 0 Å². The molecule has 3 heteroatoms. The van der Waals surface area contributed by atoms with Crippen LogP contribution in [0.25, 0.3) is 121 Å². The molecule has 0 aliphatic heterocycles. The predicted octanol–water partition coefficient (Wildman–Crippen LogP) is 13.7. The lowest BCUT2D eigenvalue weighted by Crippen LogP contribution is -1.99. The summed E-state index contributed by atoms with van der Waals surface area (Å²) < 4.78 is 11.8. The number of aromatic nitrogens is 2. The molecular weight excluding hydrogens is 645 g/mol. The summed E-state index contributed by atoms with van der Waals surface area (Å²) in [4.78, 5) is 0. The van der Waals surface area contributed by atoms with Crippen LogP contribution in [0.15, 0.2) is 174 Å². The Hall–Kier alpha value is -7.10. The van der Waals surface area contributed by atoms with Gasteiger partial charge >= 0.3 is 0 Å². The van der Waals surface area contributed by atoms with E-state index in [4.69, 9.17) is 4.42 Å². The fraction of sp³-hybridized carbons (Fsp3) is 0. The van der Waals surface area contributed by atoms with Crippen molar-refractivity contribution in [2.24, 2.45) is 0 Å². The first-order chi connectivity index (χ1) is 26.3. The summed E-state index contributed by atoms with van der Waals surface area (Å²) in [5.74, 6) is 0. The number of benzene rings is 9. The first kappa shape index (κ1) is 27.6. The quantitative estimate of drug-likeness (QED) is 0.179. The maximum Gasteiger partial charge on any atom is 0.145 e. The SMILES string of the molecule is c1ccc2c(c1)-c1cccc3cc(-n4c5ccccc5c5ccc6c7c8oc9ccccc9c8ccc7n(-c7ccc8ccccc8c7)c6c54)cc-2c13. The minimum atomic E-state index is 0.908. The largest absolute Gasteiger partial charge is 0.455 e. The number of hydrogen-bond donors (Lipinski definition) is 0. The highest BCUT2D eigenvalue weighted by Gasteiger charge is 2.26. The lowest BCUT2D eigenvalue weighted by Gasteiger charge is -2.15. The second-order valence-electron chi connectivity index (χ2n) is 14.5. The van der Waals surface area contributed by atoms with Crippen molar-refractivity contribution in [1.29, 1.82) is 0 Å². The van der Waals surface area contributed by atoms with E-state index in [0.29, 0.717) is 0 Å². The van der Waals surface area contributed by atoms with E-state index in [2.05, 4.69) is 179 Å². The maximum absolute atomic E-state index is 6.78.